The number of hydrogen-bond donors (Lipinski definition) is 2. The minimum atomic E-state index is -3.38. The minimum Gasteiger partial charge on any atom is -0.496 e. The molecule has 1 aliphatic rings. The standard InChI is InChI=1S/C21H25N3O6S/c1-29-18-7-4-3-6-15(18)10-11-22-20(25)21(26)23-17-14-16(8-9-19(17)30-2)24-12-5-13-31(24,27)28/h3-4,6-9,14H,5,10-13H2,1-2H3,(H,22,25)(H,23,26). The van der Waals surface area contributed by atoms with E-state index < -0.39 is 21.8 Å². The van der Waals surface area contributed by atoms with Crippen molar-refractivity contribution in [3.8, 4) is 11.5 Å². The predicted octanol–water partition coefficient (Wildman–Crippen LogP) is 1.54. The molecule has 0 aliphatic carbocycles. The first-order chi connectivity index (χ1) is 14.9. The van der Waals surface area contributed by atoms with Gasteiger partial charge in [-0.1, -0.05) is 18.2 Å². The van der Waals surface area contributed by atoms with E-state index in [0.717, 1.165) is 5.56 Å². The summed E-state index contributed by atoms with van der Waals surface area (Å²) in [5.41, 5.74) is 1.53. The molecule has 0 aromatic heterocycles. The lowest BCUT2D eigenvalue weighted by molar-refractivity contribution is -0.136. The fourth-order valence-electron chi connectivity index (χ4n) is 3.36. The van der Waals surface area contributed by atoms with Crippen LogP contribution in [0.4, 0.5) is 11.4 Å². The Labute approximate surface area is 181 Å². The summed E-state index contributed by atoms with van der Waals surface area (Å²) >= 11 is 0. The lowest BCUT2D eigenvalue weighted by Crippen LogP contribution is -2.36. The normalized spacial score (nSPS) is 14.7. The van der Waals surface area contributed by atoms with Crippen LogP contribution in [0.2, 0.25) is 0 Å². The zero-order chi connectivity index (χ0) is 22.4. The van der Waals surface area contributed by atoms with E-state index in [0.29, 0.717) is 36.6 Å². The van der Waals surface area contributed by atoms with Crippen LogP contribution in [0.1, 0.15) is 12.0 Å². The van der Waals surface area contributed by atoms with Gasteiger partial charge in [0.2, 0.25) is 10.0 Å². The quantitative estimate of drug-likeness (QED) is 0.623. The number of ether oxygens (including phenoxy) is 2. The summed E-state index contributed by atoms with van der Waals surface area (Å²) < 4.78 is 36.1. The number of sulfonamides is 1. The van der Waals surface area contributed by atoms with Crippen molar-refractivity contribution in [3.05, 3.63) is 48.0 Å². The van der Waals surface area contributed by atoms with Crippen molar-refractivity contribution in [2.45, 2.75) is 12.8 Å². The molecule has 166 valence electrons. The number of amides is 2. The van der Waals surface area contributed by atoms with Crippen LogP contribution < -0.4 is 24.4 Å². The third-order valence-corrected chi connectivity index (χ3v) is 6.77. The summed E-state index contributed by atoms with van der Waals surface area (Å²) in [6, 6.07) is 12.1. The second kappa shape index (κ2) is 9.69. The molecule has 1 fully saturated rings. The number of benzene rings is 2. The number of carbonyl (C=O) groups is 2. The second-order valence-corrected chi connectivity index (χ2v) is 8.91. The molecule has 0 spiro atoms. The van der Waals surface area contributed by atoms with Gasteiger partial charge >= 0.3 is 11.8 Å². The van der Waals surface area contributed by atoms with Crippen molar-refractivity contribution in [2.24, 2.45) is 0 Å². The topological polar surface area (TPSA) is 114 Å². The smallest absolute Gasteiger partial charge is 0.313 e. The van der Waals surface area contributed by atoms with Gasteiger partial charge in [-0.25, -0.2) is 8.42 Å². The SMILES string of the molecule is COc1ccccc1CCNC(=O)C(=O)Nc1cc(N2CCCS2(=O)=O)ccc1OC. The van der Waals surface area contributed by atoms with E-state index in [4.69, 9.17) is 9.47 Å². The summed E-state index contributed by atoms with van der Waals surface area (Å²) in [5.74, 6) is -0.582. The molecule has 0 saturated carbocycles. The number of nitrogens with one attached hydrogen (secondary N) is 2. The summed E-state index contributed by atoms with van der Waals surface area (Å²) in [6.45, 7) is 0.612. The molecule has 0 unspecified atom stereocenters. The highest BCUT2D eigenvalue weighted by atomic mass is 32.2. The van der Waals surface area contributed by atoms with Crippen LogP contribution in [0.15, 0.2) is 42.5 Å². The molecule has 31 heavy (non-hydrogen) atoms. The molecule has 1 heterocycles. The first kappa shape index (κ1) is 22.4. The maximum absolute atomic E-state index is 12.4. The predicted molar refractivity (Wildman–Crippen MR) is 117 cm³/mol. The Bertz CT molecular complexity index is 1070. The molecule has 0 atom stereocenters. The van der Waals surface area contributed by atoms with Crippen LogP contribution in [-0.2, 0) is 26.0 Å². The lowest BCUT2D eigenvalue weighted by atomic mass is 10.1. The maximum atomic E-state index is 12.4. The van der Waals surface area contributed by atoms with E-state index in [1.165, 1.54) is 17.5 Å². The van der Waals surface area contributed by atoms with Gasteiger partial charge in [-0.15, -0.1) is 0 Å². The van der Waals surface area contributed by atoms with Gasteiger partial charge in [-0.2, -0.15) is 0 Å². The molecule has 2 aromatic carbocycles. The van der Waals surface area contributed by atoms with Crippen molar-refractivity contribution in [1.29, 1.82) is 0 Å². The summed E-state index contributed by atoms with van der Waals surface area (Å²) in [7, 11) is -0.385. The van der Waals surface area contributed by atoms with Gasteiger partial charge in [0.15, 0.2) is 0 Å². The monoisotopic (exact) mass is 447 g/mol. The Kier molecular flexibility index (Phi) is 7.01. The number of hydrogen-bond acceptors (Lipinski definition) is 6. The molecule has 10 heteroatoms. The number of nitrogens with zero attached hydrogens (tertiary/aromatic N) is 1. The first-order valence-electron chi connectivity index (χ1n) is 9.75. The average Bonchev–Trinajstić information content (AvgIpc) is 3.12. The van der Waals surface area contributed by atoms with Gasteiger partial charge in [-0.3, -0.25) is 13.9 Å². The van der Waals surface area contributed by atoms with Crippen LogP contribution in [0.5, 0.6) is 11.5 Å². The van der Waals surface area contributed by atoms with Crippen LogP contribution in [-0.4, -0.2) is 53.3 Å². The summed E-state index contributed by atoms with van der Waals surface area (Å²) in [6.07, 6.45) is 1.03. The van der Waals surface area contributed by atoms with Crippen molar-refractivity contribution >= 4 is 33.2 Å². The van der Waals surface area contributed by atoms with Crippen LogP contribution in [0, 0.1) is 0 Å². The average molecular weight is 448 g/mol. The summed E-state index contributed by atoms with van der Waals surface area (Å²) in [5, 5.41) is 5.07. The number of para-hydroxylation sites is 1. The zero-order valence-corrected chi connectivity index (χ0v) is 18.2. The molecule has 1 aliphatic heterocycles. The van der Waals surface area contributed by atoms with E-state index in [2.05, 4.69) is 10.6 Å². The van der Waals surface area contributed by atoms with Gasteiger partial charge in [0.05, 0.1) is 31.3 Å². The number of anilines is 2. The van der Waals surface area contributed by atoms with Gasteiger partial charge in [0.1, 0.15) is 11.5 Å². The van der Waals surface area contributed by atoms with Crippen molar-refractivity contribution in [1.82, 2.24) is 5.32 Å². The molecule has 0 bridgehead atoms. The van der Waals surface area contributed by atoms with Crippen molar-refractivity contribution in [3.63, 3.8) is 0 Å². The third-order valence-electron chi connectivity index (χ3n) is 4.90. The third kappa shape index (κ3) is 5.26. The zero-order valence-electron chi connectivity index (χ0n) is 17.4. The Balaban J connectivity index is 1.64. The number of rotatable bonds is 7. The highest BCUT2D eigenvalue weighted by Gasteiger charge is 2.29. The second-order valence-electron chi connectivity index (χ2n) is 6.90. The Morgan fingerprint density at radius 2 is 1.77 bits per heavy atom. The largest absolute Gasteiger partial charge is 0.496 e. The first-order valence-corrected chi connectivity index (χ1v) is 11.4. The van der Waals surface area contributed by atoms with E-state index in [1.807, 2.05) is 24.3 Å². The molecule has 2 aromatic rings. The van der Waals surface area contributed by atoms with Crippen molar-refractivity contribution in [2.75, 3.05) is 42.7 Å². The van der Waals surface area contributed by atoms with Crippen LogP contribution in [0.3, 0.4) is 0 Å². The molecular formula is C21H25N3O6S. The summed E-state index contributed by atoms with van der Waals surface area (Å²) in [4.78, 5) is 24.6. The van der Waals surface area contributed by atoms with Gasteiger partial charge < -0.3 is 20.1 Å². The highest BCUT2D eigenvalue weighted by Crippen LogP contribution is 2.32. The fourth-order valence-corrected chi connectivity index (χ4v) is 4.91. The van der Waals surface area contributed by atoms with Crippen LogP contribution in [0.25, 0.3) is 0 Å². The van der Waals surface area contributed by atoms with Gasteiger partial charge in [0, 0.05) is 13.1 Å². The molecular weight excluding hydrogens is 422 g/mol. The lowest BCUT2D eigenvalue weighted by Gasteiger charge is -2.19. The molecule has 2 amide bonds. The number of methoxy groups -OCH3 is 2. The van der Waals surface area contributed by atoms with E-state index in [9.17, 15) is 18.0 Å². The molecule has 3 rings (SSSR count). The van der Waals surface area contributed by atoms with Gasteiger partial charge in [0.25, 0.3) is 0 Å². The van der Waals surface area contributed by atoms with E-state index in [1.54, 1.807) is 19.2 Å². The van der Waals surface area contributed by atoms with Crippen molar-refractivity contribution < 1.29 is 27.5 Å². The highest BCUT2D eigenvalue weighted by molar-refractivity contribution is 7.93. The molecule has 1 saturated heterocycles. The molecule has 9 nitrogen and oxygen atoms in total. The van der Waals surface area contributed by atoms with Gasteiger partial charge in [-0.05, 0) is 42.7 Å². The van der Waals surface area contributed by atoms with E-state index in [-0.39, 0.29) is 18.0 Å². The fraction of sp³-hybridized carbons (Fsp3) is 0.333. The minimum absolute atomic E-state index is 0.0787. The number of carbonyl (C=O) groups excluding carboxylic acids is 2. The molecule has 2 N–H and O–H groups in total. The maximum Gasteiger partial charge on any atom is 0.313 e. The Morgan fingerprint density at radius 1 is 1.03 bits per heavy atom. The van der Waals surface area contributed by atoms with E-state index >= 15 is 0 Å². The molecule has 0 radical (unpaired) electrons. The Morgan fingerprint density at radius 3 is 2.45 bits per heavy atom. The Hall–Kier alpha value is -3.27. The van der Waals surface area contributed by atoms with Crippen LogP contribution >= 0.6 is 0 Å².